The Morgan fingerprint density at radius 3 is 2.86 bits per heavy atom. The number of rotatable bonds is 5. The summed E-state index contributed by atoms with van der Waals surface area (Å²) in [7, 11) is 1.70. The first-order valence-corrected chi connectivity index (χ1v) is 6.92. The Morgan fingerprint density at radius 1 is 1.52 bits per heavy atom. The van der Waals surface area contributed by atoms with Crippen molar-refractivity contribution < 1.29 is 9.53 Å². The summed E-state index contributed by atoms with van der Waals surface area (Å²) in [5, 5.41) is 7.15. The number of nitrogen functional groups attached to an aromatic ring is 1. The topological polar surface area (TPSA) is 82.2 Å². The molecular weight excluding hydrogens is 292 g/mol. The van der Waals surface area contributed by atoms with Crippen molar-refractivity contribution in [2.75, 3.05) is 17.7 Å². The fourth-order valence-electron chi connectivity index (χ4n) is 1.78. The van der Waals surface area contributed by atoms with Crippen molar-refractivity contribution in [2.24, 2.45) is 7.05 Å². The normalized spacial score (nSPS) is 10.4. The van der Waals surface area contributed by atoms with Gasteiger partial charge in [0.1, 0.15) is 5.75 Å². The number of halogens is 1. The molecule has 112 valence electrons. The summed E-state index contributed by atoms with van der Waals surface area (Å²) in [5.41, 5.74) is 6.77. The van der Waals surface area contributed by atoms with Crippen LogP contribution in [0.3, 0.4) is 0 Å². The zero-order valence-electron chi connectivity index (χ0n) is 11.9. The fourth-order valence-corrected chi connectivity index (χ4v) is 2.02. The minimum atomic E-state index is -0.383. The van der Waals surface area contributed by atoms with Crippen LogP contribution in [-0.2, 0) is 7.05 Å². The Balaban J connectivity index is 2.11. The molecule has 6 nitrogen and oxygen atoms in total. The Labute approximate surface area is 127 Å². The smallest absolute Gasteiger partial charge is 0.278 e. The third kappa shape index (κ3) is 3.66. The summed E-state index contributed by atoms with van der Waals surface area (Å²) >= 11 is 6.11. The number of carbonyl (C=O) groups is 1. The molecule has 1 heterocycles. The molecule has 0 saturated heterocycles. The Morgan fingerprint density at radius 2 is 2.29 bits per heavy atom. The van der Waals surface area contributed by atoms with Crippen LogP contribution >= 0.6 is 11.6 Å². The van der Waals surface area contributed by atoms with Gasteiger partial charge in [-0.3, -0.25) is 9.48 Å². The lowest BCUT2D eigenvalue weighted by Crippen LogP contribution is -2.14. The van der Waals surface area contributed by atoms with Crippen molar-refractivity contribution in [2.45, 2.75) is 13.3 Å². The highest BCUT2D eigenvalue weighted by molar-refractivity contribution is 6.32. The number of ether oxygens (including phenoxy) is 1. The van der Waals surface area contributed by atoms with E-state index in [1.165, 1.54) is 4.68 Å². The van der Waals surface area contributed by atoms with Gasteiger partial charge in [-0.15, -0.1) is 0 Å². The summed E-state index contributed by atoms with van der Waals surface area (Å²) in [5.74, 6) is 0.209. The second-order valence-corrected chi connectivity index (χ2v) is 4.96. The fraction of sp³-hybridized carbons (Fsp3) is 0.286. The van der Waals surface area contributed by atoms with Gasteiger partial charge in [-0.05, 0) is 24.6 Å². The summed E-state index contributed by atoms with van der Waals surface area (Å²) < 4.78 is 6.96. The van der Waals surface area contributed by atoms with E-state index in [0.717, 1.165) is 6.42 Å². The molecule has 2 rings (SSSR count). The highest BCUT2D eigenvalue weighted by Crippen LogP contribution is 2.28. The van der Waals surface area contributed by atoms with Gasteiger partial charge >= 0.3 is 0 Å². The van der Waals surface area contributed by atoms with Crippen LogP contribution in [0.25, 0.3) is 0 Å². The van der Waals surface area contributed by atoms with Crippen molar-refractivity contribution in [1.29, 1.82) is 0 Å². The zero-order chi connectivity index (χ0) is 15.4. The lowest BCUT2D eigenvalue weighted by atomic mass is 10.2. The van der Waals surface area contributed by atoms with Gasteiger partial charge in [0, 0.05) is 18.9 Å². The van der Waals surface area contributed by atoms with Crippen LogP contribution < -0.4 is 15.8 Å². The number of anilines is 2. The third-order valence-electron chi connectivity index (χ3n) is 2.72. The molecule has 1 amide bonds. The Bertz CT molecular complexity index is 654. The third-order valence-corrected chi connectivity index (χ3v) is 3.02. The molecule has 0 aliphatic carbocycles. The molecule has 0 atom stereocenters. The van der Waals surface area contributed by atoms with Crippen LogP contribution in [-0.4, -0.2) is 22.3 Å². The molecule has 0 aliphatic heterocycles. The quantitative estimate of drug-likeness (QED) is 0.889. The van der Waals surface area contributed by atoms with E-state index in [0.29, 0.717) is 28.8 Å². The van der Waals surface area contributed by atoms with Crippen LogP contribution in [0.2, 0.25) is 5.02 Å². The van der Waals surface area contributed by atoms with E-state index in [1.807, 2.05) is 6.92 Å². The van der Waals surface area contributed by atoms with Gasteiger partial charge in [0.05, 0.1) is 17.3 Å². The van der Waals surface area contributed by atoms with Crippen LogP contribution in [0.15, 0.2) is 24.4 Å². The van der Waals surface area contributed by atoms with Crippen molar-refractivity contribution in [3.63, 3.8) is 0 Å². The number of nitrogens with one attached hydrogen (secondary N) is 1. The number of aromatic nitrogens is 2. The monoisotopic (exact) mass is 308 g/mol. The SMILES string of the molecule is CCCOc1ccc(NC(=O)c2nn(C)cc2N)cc1Cl. The number of amides is 1. The lowest BCUT2D eigenvalue weighted by molar-refractivity contribution is 0.102. The minimum Gasteiger partial charge on any atom is -0.492 e. The highest BCUT2D eigenvalue weighted by atomic mass is 35.5. The second-order valence-electron chi connectivity index (χ2n) is 4.55. The molecule has 0 unspecified atom stereocenters. The molecule has 0 saturated carbocycles. The molecule has 0 spiro atoms. The summed E-state index contributed by atoms with van der Waals surface area (Å²) in [6.07, 6.45) is 2.47. The molecule has 0 aliphatic rings. The predicted molar refractivity (Wildman–Crippen MR) is 82.8 cm³/mol. The number of nitrogens with zero attached hydrogens (tertiary/aromatic N) is 2. The van der Waals surface area contributed by atoms with E-state index in [2.05, 4.69) is 10.4 Å². The summed E-state index contributed by atoms with van der Waals surface area (Å²) in [6.45, 7) is 2.61. The van der Waals surface area contributed by atoms with E-state index in [-0.39, 0.29) is 11.6 Å². The van der Waals surface area contributed by atoms with E-state index in [9.17, 15) is 4.79 Å². The number of hydrogen-bond acceptors (Lipinski definition) is 4. The number of carbonyl (C=O) groups excluding carboxylic acids is 1. The van der Waals surface area contributed by atoms with Crippen LogP contribution in [0, 0.1) is 0 Å². The molecule has 0 bridgehead atoms. The van der Waals surface area contributed by atoms with E-state index in [4.69, 9.17) is 22.1 Å². The van der Waals surface area contributed by atoms with Gasteiger partial charge in [-0.1, -0.05) is 18.5 Å². The van der Waals surface area contributed by atoms with Gasteiger partial charge in [0.25, 0.3) is 5.91 Å². The summed E-state index contributed by atoms with van der Waals surface area (Å²) in [4.78, 5) is 12.1. The van der Waals surface area contributed by atoms with Gasteiger partial charge in [0.2, 0.25) is 0 Å². The molecule has 2 aromatic rings. The van der Waals surface area contributed by atoms with Crippen LogP contribution in [0.1, 0.15) is 23.8 Å². The first kappa shape index (κ1) is 15.2. The maximum Gasteiger partial charge on any atom is 0.278 e. The number of hydrogen-bond donors (Lipinski definition) is 2. The largest absolute Gasteiger partial charge is 0.492 e. The maximum absolute atomic E-state index is 12.1. The first-order valence-electron chi connectivity index (χ1n) is 6.54. The molecular formula is C14H17ClN4O2. The zero-order valence-corrected chi connectivity index (χ0v) is 12.6. The molecule has 21 heavy (non-hydrogen) atoms. The Hall–Kier alpha value is -2.21. The van der Waals surface area contributed by atoms with Crippen molar-refractivity contribution >= 4 is 28.9 Å². The molecule has 1 aromatic heterocycles. The number of benzene rings is 1. The van der Waals surface area contributed by atoms with Gasteiger partial charge < -0.3 is 15.8 Å². The van der Waals surface area contributed by atoms with Crippen LogP contribution in [0.4, 0.5) is 11.4 Å². The van der Waals surface area contributed by atoms with Crippen molar-refractivity contribution in [3.8, 4) is 5.75 Å². The average Bonchev–Trinajstić information content (AvgIpc) is 2.77. The van der Waals surface area contributed by atoms with Crippen molar-refractivity contribution in [1.82, 2.24) is 9.78 Å². The molecule has 0 radical (unpaired) electrons. The standard InChI is InChI=1S/C14H17ClN4O2/c1-3-6-21-12-5-4-9(7-10(12)15)17-14(20)13-11(16)8-19(2)18-13/h4-5,7-8H,3,6,16H2,1-2H3,(H,17,20). The highest BCUT2D eigenvalue weighted by Gasteiger charge is 2.14. The lowest BCUT2D eigenvalue weighted by Gasteiger charge is -2.09. The van der Waals surface area contributed by atoms with Gasteiger partial charge in [0.15, 0.2) is 5.69 Å². The first-order chi connectivity index (χ1) is 10.0. The maximum atomic E-state index is 12.1. The minimum absolute atomic E-state index is 0.180. The van der Waals surface area contributed by atoms with E-state index < -0.39 is 0 Å². The predicted octanol–water partition coefficient (Wildman–Crippen LogP) is 2.70. The number of aryl methyl sites for hydroxylation is 1. The molecule has 7 heteroatoms. The average molecular weight is 309 g/mol. The van der Waals surface area contributed by atoms with Gasteiger partial charge in [-0.2, -0.15) is 5.10 Å². The Kier molecular flexibility index (Phi) is 4.70. The van der Waals surface area contributed by atoms with E-state index in [1.54, 1.807) is 31.4 Å². The van der Waals surface area contributed by atoms with Gasteiger partial charge in [-0.25, -0.2) is 0 Å². The van der Waals surface area contributed by atoms with Crippen molar-refractivity contribution in [3.05, 3.63) is 35.1 Å². The van der Waals surface area contributed by atoms with Crippen LogP contribution in [0.5, 0.6) is 5.75 Å². The molecule has 3 N–H and O–H groups in total. The second kappa shape index (κ2) is 6.49. The van der Waals surface area contributed by atoms with E-state index >= 15 is 0 Å². The summed E-state index contributed by atoms with van der Waals surface area (Å²) in [6, 6.07) is 5.06. The molecule has 1 aromatic carbocycles. The number of nitrogens with two attached hydrogens (primary N) is 1. The molecule has 0 fully saturated rings.